The van der Waals surface area contributed by atoms with Crippen LogP contribution < -0.4 is 10.9 Å². The number of nitrogens with one attached hydrogen (secondary N) is 2. The first-order valence-electron chi connectivity index (χ1n) is 7.47. The van der Waals surface area contributed by atoms with Gasteiger partial charge in [-0.25, -0.2) is 13.8 Å². The van der Waals surface area contributed by atoms with E-state index in [0.29, 0.717) is 24.4 Å². The van der Waals surface area contributed by atoms with E-state index in [1.54, 1.807) is 6.26 Å². The van der Waals surface area contributed by atoms with Crippen molar-refractivity contribution >= 4 is 28.3 Å². The van der Waals surface area contributed by atoms with E-state index in [0.717, 1.165) is 18.9 Å². The lowest BCUT2D eigenvalue weighted by Gasteiger charge is -2.30. The molecule has 2 aromatic heterocycles. The molecule has 0 saturated carbocycles. The van der Waals surface area contributed by atoms with Gasteiger partial charge >= 0.3 is 0 Å². The smallest absolute Gasteiger partial charge is 0.269 e. The summed E-state index contributed by atoms with van der Waals surface area (Å²) in [5.74, 6) is 0.332. The Kier molecular flexibility index (Phi) is 4.97. The first kappa shape index (κ1) is 17.1. The minimum absolute atomic E-state index is 0.134. The Balaban J connectivity index is 1.75. The zero-order valence-electron chi connectivity index (χ0n) is 13.0. The molecule has 24 heavy (non-hydrogen) atoms. The van der Waals surface area contributed by atoms with Crippen LogP contribution in [0.25, 0.3) is 11.0 Å². The SMILES string of the molecule is C[S+]([O-])N1CCC(Nc2ncc3cc(C(F)F)c(=O)[nH]c3n2)CC1. The first-order valence-corrected chi connectivity index (χ1v) is 8.98. The summed E-state index contributed by atoms with van der Waals surface area (Å²) in [5.41, 5.74) is -1.22. The molecule has 0 bridgehead atoms. The lowest BCUT2D eigenvalue weighted by Crippen LogP contribution is -2.42. The van der Waals surface area contributed by atoms with Crippen LogP contribution in [0.4, 0.5) is 14.7 Å². The molecule has 1 fully saturated rings. The molecule has 3 rings (SSSR count). The third-order valence-corrected chi connectivity index (χ3v) is 5.10. The Morgan fingerprint density at radius 1 is 1.46 bits per heavy atom. The fourth-order valence-corrected chi connectivity index (χ4v) is 3.41. The molecule has 3 heterocycles. The second-order valence-corrected chi connectivity index (χ2v) is 6.99. The molecule has 1 atom stereocenters. The summed E-state index contributed by atoms with van der Waals surface area (Å²) in [5, 5.41) is 3.52. The normalized spacial score (nSPS) is 18.2. The number of hydrogen-bond acceptors (Lipinski definition) is 6. The van der Waals surface area contributed by atoms with Crippen LogP contribution in [-0.2, 0) is 11.4 Å². The van der Waals surface area contributed by atoms with Gasteiger partial charge in [-0.1, -0.05) is 0 Å². The summed E-state index contributed by atoms with van der Waals surface area (Å²) in [7, 11) is 0. The number of halogens is 2. The molecule has 2 aromatic rings. The summed E-state index contributed by atoms with van der Waals surface area (Å²) in [4.78, 5) is 22.3. The van der Waals surface area contributed by atoms with Crippen LogP contribution in [0.5, 0.6) is 0 Å². The van der Waals surface area contributed by atoms with Crippen molar-refractivity contribution in [3.63, 3.8) is 0 Å². The molecule has 1 aliphatic heterocycles. The maximum absolute atomic E-state index is 12.7. The van der Waals surface area contributed by atoms with Crippen LogP contribution in [0.15, 0.2) is 17.1 Å². The Bertz CT molecular complexity index is 777. The highest BCUT2D eigenvalue weighted by Gasteiger charge is 2.25. The number of aromatic nitrogens is 3. The number of hydrogen-bond donors (Lipinski definition) is 2. The molecular weight excluding hydrogens is 340 g/mol. The molecular formula is C14H17F2N5O2S. The van der Waals surface area contributed by atoms with Gasteiger partial charge in [-0.15, -0.1) is 4.31 Å². The van der Waals surface area contributed by atoms with E-state index >= 15 is 0 Å². The van der Waals surface area contributed by atoms with Crippen LogP contribution >= 0.6 is 0 Å². The standard InChI is InChI=1S/C14H17F2N5O2S/c1-24(23)21-4-2-9(3-5-21)18-14-17-7-8-6-10(11(15)16)13(22)19-12(8)20-14/h6-7,9,11H,2-5H2,1H3,(H2,17,18,19,20,22). The summed E-state index contributed by atoms with van der Waals surface area (Å²) < 4.78 is 38.8. The number of pyridine rings is 1. The predicted octanol–water partition coefficient (Wildman–Crippen LogP) is 1.43. The van der Waals surface area contributed by atoms with E-state index in [-0.39, 0.29) is 11.7 Å². The number of alkyl halides is 2. The van der Waals surface area contributed by atoms with E-state index in [2.05, 4.69) is 20.3 Å². The van der Waals surface area contributed by atoms with Crippen molar-refractivity contribution in [2.45, 2.75) is 25.3 Å². The second kappa shape index (κ2) is 6.99. The highest BCUT2D eigenvalue weighted by molar-refractivity contribution is 7.88. The van der Waals surface area contributed by atoms with Gasteiger partial charge in [-0.2, -0.15) is 4.98 Å². The molecule has 1 aliphatic rings. The first-order chi connectivity index (χ1) is 11.4. The molecule has 2 N–H and O–H groups in total. The Morgan fingerprint density at radius 3 is 2.79 bits per heavy atom. The van der Waals surface area contributed by atoms with E-state index in [1.165, 1.54) is 6.20 Å². The number of anilines is 1. The molecule has 0 aliphatic carbocycles. The van der Waals surface area contributed by atoms with Crippen molar-refractivity contribution in [1.29, 1.82) is 0 Å². The van der Waals surface area contributed by atoms with Crippen molar-refractivity contribution in [1.82, 2.24) is 19.3 Å². The number of H-pyrrole nitrogens is 1. The predicted molar refractivity (Wildman–Crippen MR) is 87.4 cm³/mol. The second-order valence-electron chi connectivity index (χ2n) is 5.62. The van der Waals surface area contributed by atoms with Crippen molar-refractivity contribution in [3.8, 4) is 0 Å². The molecule has 0 radical (unpaired) electrons. The molecule has 7 nitrogen and oxygen atoms in total. The quantitative estimate of drug-likeness (QED) is 0.804. The fraction of sp³-hybridized carbons (Fsp3) is 0.500. The van der Waals surface area contributed by atoms with Gasteiger partial charge in [-0.05, 0) is 18.9 Å². The maximum Gasteiger partial charge on any atom is 0.269 e. The number of piperidine rings is 1. The van der Waals surface area contributed by atoms with E-state index < -0.39 is 28.9 Å². The largest absolute Gasteiger partial charge is 0.598 e. The summed E-state index contributed by atoms with van der Waals surface area (Å²) in [6.45, 7) is 1.42. The third-order valence-electron chi connectivity index (χ3n) is 4.01. The fourth-order valence-electron chi connectivity index (χ4n) is 2.68. The van der Waals surface area contributed by atoms with Crippen molar-refractivity contribution in [2.75, 3.05) is 24.7 Å². The zero-order chi connectivity index (χ0) is 17.3. The molecule has 0 spiro atoms. The number of fused-ring (bicyclic) bond motifs is 1. The van der Waals surface area contributed by atoms with Crippen molar-refractivity contribution in [3.05, 3.63) is 28.2 Å². The van der Waals surface area contributed by atoms with Crippen LogP contribution in [0.1, 0.15) is 24.8 Å². The molecule has 10 heteroatoms. The summed E-state index contributed by atoms with van der Waals surface area (Å²) in [6, 6.07) is 1.24. The highest BCUT2D eigenvalue weighted by Crippen LogP contribution is 2.20. The van der Waals surface area contributed by atoms with Gasteiger partial charge in [0.1, 0.15) is 11.9 Å². The van der Waals surface area contributed by atoms with Gasteiger partial charge in [0.05, 0.1) is 5.56 Å². The summed E-state index contributed by atoms with van der Waals surface area (Å²) >= 11 is -0.968. The average molecular weight is 357 g/mol. The highest BCUT2D eigenvalue weighted by atomic mass is 32.2. The molecule has 0 aromatic carbocycles. The van der Waals surface area contributed by atoms with Gasteiger partial charge in [0.15, 0.2) is 0 Å². The monoisotopic (exact) mass is 357 g/mol. The van der Waals surface area contributed by atoms with E-state index in [9.17, 15) is 18.1 Å². The zero-order valence-corrected chi connectivity index (χ0v) is 13.8. The van der Waals surface area contributed by atoms with Gasteiger partial charge in [0.25, 0.3) is 12.0 Å². The van der Waals surface area contributed by atoms with Crippen LogP contribution in [0.3, 0.4) is 0 Å². The number of aromatic amines is 1. The lowest BCUT2D eigenvalue weighted by atomic mass is 10.1. The van der Waals surface area contributed by atoms with Crippen molar-refractivity contribution < 1.29 is 13.3 Å². The van der Waals surface area contributed by atoms with Crippen LogP contribution in [0, 0.1) is 0 Å². The molecule has 130 valence electrons. The van der Waals surface area contributed by atoms with Crippen molar-refractivity contribution in [2.24, 2.45) is 0 Å². The Morgan fingerprint density at radius 2 is 2.17 bits per heavy atom. The number of nitrogens with zero attached hydrogens (tertiary/aromatic N) is 3. The topological polar surface area (TPSA) is 97.0 Å². The van der Waals surface area contributed by atoms with E-state index in [4.69, 9.17) is 0 Å². The average Bonchev–Trinajstić information content (AvgIpc) is 2.54. The van der Waals surface area contributed by atoms with Gasteiger partial charge < -0.3 is 14.9 Å². The molecule has 1 unspecified atom stereocenters. The van der Waals surface area contributed by atoms with Gasteiger partial charge in [0.2, 0.25) is 5.95 Å². The Labute approximate surface area is 139 Å². The minimum atomic E-state index is -2.84. The van der Waals surface area contributed by atoms with Gasteiger partial charge in [-0.3, -0.25) is 4.79 Å². The lowest BCUT2D eigenvalue weighted by molar-refractivity contribution is 0.150. The number of rotatable bonds is 4. The molecule has 0 amide bonds. The van der Waals surface area contributed by atoms with Crippen LogP contribution in [0.2, 0.25) is 0 Å². The minimum Gasteiger partial charge on any atom is -0.598 e. The molecule has 1 saturated heterocycles. The third kappa shape index (κ3) is 3.65. The maximum atomic E-state index is 12.7. The van der Waals surface area contributed by atoms with Crippen LogP contribution in [-0.4, -0.2) is 49.2 Å². The van der Waals surface area contributed by atoms with Gasteiger partial charge in [0, 0.05) is 42.1 Å². The Hall–Kier alpha value is -1.78. The summed E-state index contributed by atoms with van der Waals surface area (Å²) in [6.07, 6.45) is 1.81. The van der Waals surface area contributed by atoms with E-state index in [1.807, 2.05) is 4.31 Å².